The van der Waals surface area contributed by atoms with Gasteiger partial charge in [0.2, 0.25) is 5.91 Å². The monoisotopic (exact) mass is 283 g/mol. The molecule has 108 valence electrons. The zero-order valence-electron chi connectivity index (χ0n) is 11.7. The Labute approximate surface area is 123 Å². The van der Waals surface area contributed by atoms with Crippen LogP contribution in [0.5, 0.6) is 0 Å². The average molecular weight is 283 g/mol. The average Bonchev–Trinajstić information content (AvgIpc) is 2.48. The number of amides is 2. The molecule has 0 bridgehead atoms. The highest BCUT2D eigenvalue weighted by Crippen LogP contribution is 2.12. The van der Waals surface area contributed by atoms with E-state index in [1.54, 1.807) is 24.3 Å². The zero-order valence-corrected chi connectivity index (χ0v) is 11.7. The Morgan fingerprint density at radius 3 is 2.38 bits per heavy atom. The van der Waals surface area contributed by atoms with Crippen LogP contribution in [0, 0.1) is 6.92 Å². The topological polar surface area (TPSA) is 84.2 Å². The van der Waals surface area contributed by atoms with Crippen LogP contribution in [-0.2, 0) is 4.79 Å². The molecular formula is C16H17N3O2. The lowest BCUT2D eigenvalue weighted by atomic mass is 10.2. The maximum Gasteiger partial charge on any atom is 0.251 e. The van der Waals surface area contributed by atoms with E-state index in [0.717, 1.165) is 11.3 Å². The number of nitrogen functional groups attached to an aromatic ring is 1. The predicted octanol–water partition coefficient (Wildman–Crippen LogP) is 1.95. The number of anilines is 2. The summed E-state index contributed by atoms with van der Waals surface area (Å²) in [6.45, 7) is 1.82. The van der Waals surface area contributed by atoms with Crippen molar-refractivity contribution in [1.29, 1.82) is 0 Å². The van der Waals surface area contributed by atoms with E-state index in [1.165, 1.54) is 0 Å². The number of hydrogen-bond acceptors (Lipinski definition) is 3. The number of nitrogens with two attached hydrogens (primary N) is 1. The fourth-order valence-electron chi connectivity index (χ4n) is 1.80. The van der Waals surface area contributed by atoms with Crippen molar-refractivity contribution in [2.45, 2.75) is 6.92 Å². The SMILES string of the molecule is Cc1ccccc1NC(=O)CNC(=O)c1ccc(N)cc1. The van der Waals surface area contributed by atoms with Gasteiger partial charge in [-0.3, -0.25) is 9.59 Å². The van der Waals surface area contributed by atoms with Gasteiger partial charge in [0.1, 0.15) is 0 Å². The number of rotatable bonds is 4. The highest BCUT2D eigenvalue weighted by molar-refractivity contribution is 5.99. The van der Waals surface area contributed by atoms with Crippen LogP contribution in [0.3, 0.4) is 0 Å². The van der Waals surface area contributed by atoms with Crippen LogP contribution in [-0.4, -0.2) is 18.4 Å². The Balaban J connectivity index is 1.88. The molecule has 0 fully saturated rings. The molecule has 21 heavy (non-hydrogen) atoms. The van der Waals surface area contributed by atoms with Crippen molar-refractivity contribution in [3.63, 3.8) is 0 Å². The standard InChI is InChI=1S/C16H17N3O2/c1-11-4-2-3-5-14(11)19-15(20)10-18-16(21)12-6-8-13(17)9-7-12/h2-9H,10,17H2,1H3,(H,18,21)(H,19,20). The quantitative estimate of drug-likeness (QED) is 0.750. The molecule has 0 heterocycles. The summed E-state index contributed by atoms with van der Waals surface area (Å²) in [5.41, 5.74) is 8.31. The van der Waals surface area contributed by atoms with Crippen molar-refractivity contribution in [3.05, 3.63) is 59.7 Å². The first-order valence-corrected chi connectivity index (χ1v) is 6.55. The summed E-state index contributed by atoms with van der Waals surface area (Å²) in [6.07, 6.45) is 0. The van der Waals surface area contributed by atoms with Gasteiger partial charge >= 0.3 is 0 Å². The zero-order chi connectivity index (χ0) is 15.2. The fourth-order valence-corrected chi connectivity index (χ4v) is 1.80. The first-order valence-electron chi connectivity index (χ1n) is 6.55. The van der Waals surface area contributed by atoms with Gasteiger partial charge in [0, 0.05) is 16.9 Å². The molecular weight excluding hydrogens is 266 g/mol. The highest BCUT2D eigenvalue weighted by Gasteiger charge is 2.08. The third-order valence-electron chi connectivity index (χ3n) is 3.00. The molecule has 4 N–H and O–H groups in total. The van der Waals surface area contributed by atoms with Crippen LogP contribution in [0.1, 0.15) is 15.9 Å². The lowest BCUT2D eigenvalue weighted by molar-refractivity contribution is -0.115. The molecule has 0 spiro atoms. The molecule has 0 saturated carbocycles. The lowest BCUT2D eigenvalue weighted by Crippen LogP contribution is -2.32. The minimum absolute atomic E-state index is 0.0858. The molecule has 0 radical (unpaired) electrons. The van der Waals surface area contributed by atoms with Crippen molar-refractivity contribution in [2.24, 2.45) is 0 Å². The summed E-state index contributed by atoms with van der Waals surface area (Å²) < 4.78 is 0. The van der Waals surface area contributed by atoms with Crippen molar-refractivity contribution >= 4 is 23.2 Å². The van der Waals surface area contributed by atoms with E-state index in [2.05, 4.69) is 10.6 Å². The first-order chi connectivity index (χ1) is 10.1. The van der Waals surface area contributed by atoms with Gasteiger partial charge in [-0.1, -0.05) is 18.2 Å². The number of aryl methyl sites for hydroxylation is 1. The number of carbonyl (C=O) groups is 2. The summed E-state index contributed by atoms with van der Waals surface area (Å²) in [6, 6.07) is 14.0. The largest absolute Gasteiger partial charge is 0.399 e. The van der Waals surface area contributed by atoms with Crippen molar-refractivity contribution in [1.82, 2.24) is 5.32 Å². The Morgan fingerprint density at radius 2 is 1.71 bits per heavy atom. The first kappa shape index (κ1) is 14.6. The number of hydrogen-bond donors (Lipinski definition) is 3. The molecule has 5 nitrogen and oxygen atoms in total. The number of benzene rings is 2. The second kappa shape index (κ2) is 6.56. The molecule has 5 heteroatoms. The molecule has 0 unspecified atom stereocenters. The van der Waals surface area contributed by atoms with E-state index < -0.39 is 0 Å². The van der Waals surface area contributed by atoms with Gasteiger partial charge < -0.3 is 16.4 Å². The highest BCUT2D eigenvalue weighted by atomic mass is 16.2. The molecule has 0 atom stereocenters. The summed E-state index contributed by atoms with van der Waals surface area (Å²) in [4.78, 5) is 23.7. The lowest BCUT2D eigenvalue weighted by Gasteiger charge is -2.09. The number of para-hydroxylation sites is 1. The van der Waals surface area contributed by atoms with Crippen molar-refractivity contribution < 1.29 is 9.59 Å². The van der Waals surface area contributed by atoms with Gasteiger partial charge in [-0.05, 0) is 42.8 Å². The second-order valence-corrected chi connectivity index (χ2v) is 4.67. The normalized spacial score (nSPS) is 9.95. The Kier molecular flexibility index (Phi) is 4.56. The summed E-state index contributed by atoms with van der Waals surface area (Å²) >= 11 is 0. The summed E-state index contributed by atoms with van der Waals surface area (Å²) in [7, 11) is 0. The third kappa shape index (κ3) is 4.07. The number of carbonyl (C=O) groups excluding carboxylic acids is 2. The van der Waals surface area contributed by atoms with E-state index in [0.29, 0.717) is 11.3 Å². The van der Waals surface area contributed by atoms with Gasteiger partial charge in [0.05, 0.1) is 6.54 Å². The molecule has 0 saturated heterocycles. The van der Waals surface area contributed by atoms with Crippen LogP contribution in [0.25, 0.3) is 0 Å². The summed E-state index contributed by atoms with van der Waals surface area (Å²) in [5, 5.41) is 5.32. The van der Waals surface area contributed by atoms with Crippen LogP contribution in [0.2, 0.25) is 0 Å². The molecule has 2 aromatic carbocycles. The molecule has 0 aromatic heterocycles. The molecule has 0 aliphatic carbocycles. The Bertz CT molecular complexity index is 651. The van der Waals surface area contributed by atoms with Crippen LogP contribution in [0.4, 0.5) is 11.4 Å². The van der Waals surface area contributed by atoms with E-state index in [-0.39, 0.29) is 18.4 Å². The van der Waals surface area contributed by atoms with Gasteiger partial charge in [-0.2, -0.15) is 0 Å². The van der Waals surface area contributed by atoms with Crippen LogP contribution in [0.15, 0.2) is 48.5 Å². The third-order valence-corrected chi connectivity index (χ3v) is 3.00. The molecule has 0 aliphatic heterocycles. The molecule has 2 aromatic rings. The van der Waals surface area contributed by atoms with E-state index in [9.17, 15) is 9.59 Å². The minimum Gasteiger partial charge on any atom is -0.399 e. The predicted molar refractivity (Wildman–Crippen MR) is 83.0 cm³/mol. The number of nitrogens with one attached hydrogen (secondary N) is 2. The smallest absolute Gasteiger partial charge is 0.251 e. The Morgan fingerprint density at radius 1 is 1.05 bits per heavy atom. The molecule has 0 aliphatic rings. The fraction of sp³-hybridized carbons (Fsp3) is 0.125. The van der Waals surface area contributed by atoms with Crippen LogP contribution < -0.4 is 16.4 Å². The Hall–Kier alpha value is -2.82. The maximum absolute atomic E-state index is 11.8. The van der Waals surface area contributed by atoms with E-state index >= 15 is 0 Å². The maximum atomic E-state index is 11.8. The van der Waals surface area contributed by atoms with E-state index in [4.69, 9.17) is 5.73 Å². The van der Waals surface area contributed by atoms with Crippen molar-refractivity contribution in [2.75, 3.05) is 17.6 Å². The van der Waals surface area contributed by atoms with Gasteiger partial charge in [-0.15, -0.1) is 0 Å². The van der Waals surface area contributed by atoms with E-state index in [1.807, 2.05) is 31.2 Å². The summed E-state index contributed by atoms with van der Waals surface area (Å²) in [5.74, 6) is -0.581. The van der Waals surface area contributed by atoms with Crippen molar-refractivity contribution in [3.8, 4) is 0 Å². The van der Waals surface area contributed by atoms with Gasteiger partial charge in [0.15, 0.2) is 0 Å². The second-order valence-electron chi connectivity index (χ2n) is 4.67. The van der Waals surface area contributed by atoms with Crippen LogP contribution >= 0.6 is 0 Å². The molecule has 2 rings (SSSR count). The molecule has 2 amide bonds. The minimum atomic E-state index is -0.310. The van der Waals surface area contributed by atoms with Gasteiger partial charge in [-0.25, -0.2) is 0 Å². The van der Waals surface area contributed by atoms with Gasteiger partial charge in [0.25, 0.3) is 5.91 Å².